The molecule has 2 rings (SSSR count). The molecule has 6 nitrogen and oxygen atoms in total. The van der Waals surface area contributed by atoms with E-state index in [-0.39, 0.29) is 11.7 Å². The Labute approximate surface area is 172 Å². The van der Waals surface area contributed by atoms with Gasteiger partial charge in [0, 0.05) is 6.42 Å². The van der Waals surface area contributed by atoms with Gasteiger partial charge in [-0.3, -0.25) is 4.79 Å². The van der Waals surface area contributed by atoms with Gasteiger partial charge >= 0.3 is 0 Å². The number of hydrogen-bond donors (Lipinski definition) is 2. The summed E-state index contributed by atoms with van der Waals surface area (Å²) in [6.45, 7) is 2.04. The Morgan fingerprint density at radius 2 is 2.04 bits per heavy atom. The van der Waals surface area contributed by atoms with Crippen LogP contribution in [-0.2, 0) is 11.2 Å². The lowest BCUT2D eigenvalue weighted by atomic mass is 10.0. The van der Waals surface area contributed by atoms with Crippen molar-refractivity contribution in [3.05, 3.63) is 50.6 Å². The van der Waals surface area contributed by atoms with Crippen LogP contribution in [0.2, 0.25) is 0 Å². The molecule has 0 aliphatic heterocycles. The Bertz CT molecular complexity index is 837. The maximum Gasteiger partial charge on any atom is 0.240 e. The molecule has 0 aliphatic rings. The number of nitrogens with one attached hydrogen (secondary N) is 1. The number of benzene rings is 2. The highest BCUT2D eigenvalue weighted by Crippen LogP contribution is 2.31. The fourth-order valence-corrected chi connectivity index (χ4v) is 3.20. The molecular weight excluding hydrogens is 459 g/mol. The van der Waals surface area contributed by atoms with Gasteiger partial charge in [-0.1, -0.05) is 6.07 Å². The van der Waals surface area contributed by atoms with E-state index in [1.165, 1.54) is 18.9 Å². The van der Waals surface area contributed by atoms with E-state index in [9.17, 15) is 9.90 Å². The highest BCUT2D eigenvalue weighted by molar-refractivity contribution is 14.1. The molecule has 0 fully saturated rings. The van der Waals surface area contributed by atoms with Crippen LogP contribution in [0, 0.1) is 10.5 Å². The number of ether oxygens (including phenoxy) is 2. The van der Waals surface area contributed by atoms with Gasteiger partial charge in [0.2, 0.25) is 5.91 Å². The van der Waals surface area contributed by atoms with Crippen LogP contribution in [0.1, 0.15) is 29.5 Å². The molecule has 27 heavy (non-hydrogen) atoms. The van der Waals surface area contributed by atoms with Crippen molar-refractivity contribution in [3.63, 3.8) is 0 Å². The summed E-state index contributed by atoms with van der Waals surface area (Å²) in [7, 11) is 3.13. The fourth-order valence-electron chi connectivity index (χ4n) is 2.57. The lowest BCUT2D eigenvalue weighted by Crippen LogP contribution is -2.17. The molecule has 7 heteroatoms. The van der Waals surface area contributed by atoms with Crippen LogP contribution in [0.3, 0.4) is 0 Å². The lowest BCUT2D eigenvalue weighted by Gasteiger charge is -2.08. The van der Waals surface area contributed by atoms with Gasteiger partial charge in [-0.25, -0.2) is 5.43 Å². The third-order valence-corrected chi connectivity index (χ3v) is 4.90. The second-order valence-electron chi connectivity index (χ2n) is 5.99. The van der Waals surface area contributed by atoms with E-state index in [4.69, 9.17) is 9.47 Å². The second-order valence-corrected chi connectivity index (χ2v) is 7.15. The van der Waals surface area contributed by atoms with E-state index in [1.54, 1.807) is 19.2 Å². The largest absolute Gasteiger partial charge is 0.504 e. The van der Waals surface area contributed by atoms with Crippen molar-refractivity contribution >= 4 is 34.7 Å². The molecule has 0 unspecified atom stereocenters. The van der Waals surface area contributed by atoms with Gasteiger partial charge in [0.05, 0.1) is 24.0 Å². The average molecular weight is 482 g/mol. The van der Waals surface area contributed by atoms with E-state index in [0.717, 1.165) is 29.7 Å². The molecule has 2 aromatic carbocycles. The summed E-state index contributed by atoms with van der Waals surface area (Å²) >= 11 is 2.01. The first kappa shape index (κ1) is 21.0. The van der Waals surface area contributed by atoms with Crippen LogP contribution in [0.4, 0.5) is 0 Å². The molecule has 0 heterocycles. The molecule has 0 aromatic heterocycles. The van der Waals surface area contributed by atoms with E-state index < -0.39 is 0 Å². The minimum atomic E-state index is -0.141. The van der Waals surface area contributed by atoms with Crippen molar-refractivity contribution in [2.75, 3.05) is 14.2 Å². The molecule has 0 saturated heterocycles. The third-order valence-electron chi connectivity index (χ3n) is 4.07. The number of aromatic hydroxyl groups is 1. The number of hydrogen-bond acceptors (Lipinski definition) is 5. The topological polar surface area (TPSA) is 80.2 Å². The van der Waals surface area contributed by atoms with E-state index in [2.05, 4.69) is 10.5 Å². The van der Waals surface area contributed by atoms with Gasteiger partial charge in [-0.15, -0.1) is 0 Å². The van der Waals surface area contributed by atoms with Crippen molar-refractivity contribution in [1.29, 1.82) is 0 Å². The van der Waals surface area contributed by atoms with Gasteiger partial charge in [0.1, 0.15) is 5.75 Å². The Hall–Kier alpha value is -2.29. The molecule has 144 valence electrons. The first-order valence-corrected chi connectivity index (χ1v) is 9.54. The van der Waals surface area contributed by atoms with Gasteiger partial charge in [0.25, 0.3) is 0 Å². The average Bonchev–Trinajstić information content (AvgIpc) is 2.65. The maximum atomic E-state index is 11.9. The number of amides is 1. The number of phenolic OH excluding ortho intramolecular Hbond substituents is 1. The summed E-state index contributed by atoms with van der Waals surface area (Å²) in [5.41, 5.74) is 5.61. The van der Waals surface area contributed by atoms with Gasteiger partial charge < -0.3 is 14.6 Å². The van der Waals surface area contributed by atoms with E-state index in [1.807, 2.05) is 47.7 Å². The van der Waals surface area contributed by atoms with Gasteiger partial charge in [-0.2, -0.15) is 5.10 Å². The summed E-state index contributed by atoms with van der Waals surface area (Å²) in [4.78, 5) is 11.9. The zero-order chi connectivity index (χ0) is 19.8. The quantitative estimate of drug-likeness (QED) is 0.341. The molecule has 0 spiro atoms. The predicted octanol–water partition coefficient (Wildman–Crippen LogP) is 3.80. The maximum absolute atomic E-state index is 11.9. The van der Waals surface area contributed by atoms with Crippen LogP contribution in [0.15, 0.2) is 35.4 Å². The van der Waals surface area contributed by atoms with Crippen molar-refractivity contribution in [1.82, 2.24) is 5.43 Å². The summed E-state index contributed by atoms with van der Waals surface area (Å²) in [6, 6.07) is 9.36. The monoisotopic (exact) mass is 482 g/mol. The number of hydrazone groups is 1. The smallest absolute Gasteiger partial charge is 0.240 e. The standard InChI is InChI=1S/C20H23IN2O4/c1-13-9-16(26-2)8-7-15(13)5-4-6-19(24)23-22-12-14-10-17(21)20(25)18(11-14)27-3/h7-12,25H,4-6H2,1-3H3,(H,23,24)/b22-12-. The highest BCUT2D eigenvalue weighted by Gasteiger charge is 2.08. The van der Waals surface area contributed by atoms with Crippen LogP contribution >= 0.6 is 22.6 Å². The van der Waals surface area contributed by atoms with E-state index in [0.29, 0.717) is 15.7 Å². The van der Waals surface area contributed by atoms with Gasteiger partial charge in [-0.05, 0) is 83.3 Å². The Morgan fingerprint density at radius 3 is 2.70 bits per heavy atom. The molecule has 1 amide bonds. The zero-order valence-electron chi connectivity index (χ0n) is 15.6. The Kier molecular flexibility index (Phi) is 7.90. The first-order valence-electron chi connectivity index (χ1n) is 8.46. The first-order chi connectivity index (χ1) is 12.9. The lowest BCUT2D eigenvalue weighted by molar-refractivity contribution is -0.121. The molecular formula is C20H23IN2O4. The summed E-state index contributed by atoms with van der Waals surface area (Å²) in [5, 5.41) is 13.8. The number of nitrogens with zero attached hydrogens (tertiary/aromatic N) is 1. The second kappa shape index (κ2) is 10.1. The van der Waals surface area contributed by atoms with Crippen LogP contribution in [-0.4, -0.2) is 31.4 Å². The predicted molar refractivity (Wildman–Crippen MR) is 114 cm³/mol. The molecule has 0 saturated carbocycles. The number of phenols is 1. The molecule has 0 radical (unpaired) electrons. The van der Waals surface area contributed by atoms with Crippen molar-refractivity contribution in [2.45, 2.75) is 26.2 Å². The zero-order valence-corrected chi connectivity index (χ0v) is 17.7. The molecule has 2 aromatic rings. The van der Waals surface area contributed by atoms with Crippen LogP contribution in [0.5, 0.6) is 17.2 Å². The molecule has 0 aliphatic carbocycles. The van der Waals surface area contributed by atoms with Crippen LogP contribution < -0.4 is 14.9 Å². The number of rotatable bonds is 8. The summed E-state index contributed by atoms with van der Waals surface area (Å²) < 4.78 is 10.9. The number of carbonyl (C=O) groups excluding carboxylic acids is 1. The number of carbonyl (C=O) groups is 1. The number of aryl methyl sites for hydroxylation is 2. The minimum Gasteiger partial charge on any atom is -0.504 e. The van der Waals surface area contributed by atoms with Gasteiger partial charge in [0.15, 0.2) is 11.5 Å². The molecule has 2 N–H and O–H groups in total. The van der Waals surface area contributed by atoms with Crippen molar-refractivity contribution < 1.29 is 19.4 Å². The Balaban J connectivity index is 1.83. The van der Waals surface area contributed by atoms with E-state index >= 15 is 0 Å². The van der Waals surface area contributed by atoms with Crippen molar-refractivity contribution in [2.24, 2.45) is 5.10 Å². The van der Waals surface area contributed by atoms with Crippen LogP contribution in [0.25, 0.3) is 0 Å². The SMILES string of the molecule is COc1ccc(CCCC(=O)N/N=C\c2cc(I)c(O)c(OC)c2)c(C)c1. The highest BCUT2D eigenvalue weighted by atomic mass is 127. The summed E-state index contributed by atoms with van der Waals surface area (Å²) in [6.07, 6.45) is 3.47. The fraction of sp³-hybridized carbons (Fsp3) is 0.300. The number of methoxy groups -OCH3 is 2. The Morgan fingerprint density at radius 1 is 1.26 bits per heavy atom. The molecule has 0 bridgehead atoms. The minimum absolute atomic E-state index is 0.0908. The summed E-state index contributed by atoms with van der Waals surface area (Å²) in [5.74, 6) is 1.15. The normalized spacial score (nSPS) is 10.8. The third kappa shape index (κ3) is 6.13. The molecule has 0 atom stereocenters. The number of halogens is 1. The van der Waals surface area contributed by atoms with Crippen molar-refractivity contribution in [3.8, 4) is 17.2 Å².